The van der Waals surface area contributed by atoms with Gasteiger partial charge in [-0.2, -0.15) is 0 Å². The lowest BCUT2D eigenvalue weighted by molar-refractivity contribution is -0.145. The standard InChI is InChI=1S/C14H15NO2/c1-2-17-14(16)13-8-4-3-7-12(13)11-6-5-9-15-10-11/h3-7,9-10,13H,2,8H2,1H3. The Labute approximate surface area is 101 Å². The van der Waals surface area contributed by atoms with E-state index in [2.05, 4.69) is 4.98 Å². The van der Waals surface area contributed by atoms with Crippen LogP contribution in [-0.4, -0.2) is 17.6 Å². The Kier molecular flexibility index (Phi) is 3.70. The zero-order valence-corrected chi connectivity index (χ0v) is 9.80. The van der Waals surface area contributed by atoms with E-state index >= 15 is 0 Å². The van der Waals surface area contributed by atoms with Gasteiger partial charge in [-0.1, -0.05) is 24.3 Å². The fourth-order valence-electron chi connectivity index (χ4n) is 1.93. The summed E-state index contributed by atoms with van der Waals surface area (Å²) in [6.45, 7) is 2.24. The highest BCUT2D eigenvalue weighted by Crippen LogP contribution is 2.30. The molecule has 1 atom stereocenters. The van der Waals surface area contributed by atoms with Crippen molar-refractivity contribution in [3.8, 4) is 0 Å². The first kappa shape index (κ1) is 11.6. The monoisotopic (exact) mass is 229 g/mol. The van der Waals surface area contributed by atoms with Crippen LogP contribution in [-0.2, 0) is 9.53 Å². The van der Waals surface area contributed by atoms with Crippen molar-refractivity contribution in [3.05, 3.63) is 48.3 Å². The van der Waals surface area contributed by atoms with Crippen LogP contribution < -0.4 is 0 Å². The van der Waals surface area contributed by atoms with Gasteiger partial charge in [0.15, 0.2) is 0 Å². The normalized spacial score (nSPS) is 18.6. The average molecular weight is 229 g/mol. The molecule has 1 unspecified atom stereocenters. The maximum Gasteiger partial charge on any atom is 0.313 e. The fraction of sp³-hybridized carbons (Fsp3) is 0.286. The Balaban J connectivity index is 2.26. The molecule has 1 aromatic heterocycles. The predicted octanol–water partition coefficient (Wildman–Crippen LogP) is 2.60. The number of pyridine rings is 1. The zero-order chi connectivity index (χ0) is 12.1. The summed E-state index contributed by atoms with van der Waals surface area (Å²) in [5.74, 6) is -0.365. The average Bonchev–Trinajstić information content (AvgIpc) is 2.40. The molecule has 0 fully saturated rings. The molecule has 3 heteroatoms. The Morgan fingerprint density at radius 2 is 2.47 bits per heavy atom. The molecule has 0 N–H and O–H groups in total. The minimum absolute atomic E-state index is 0.160. The number of hydrogen-bond acceptors (Lipinski definition) is 3. The maximum atomic E-state index is 11.9. The van der Waals surface area contributed by atoms with Crippen molar-refractivity contribution in [2.24, 2.45) is 5.92 Å². The molecule has 1 aromatic rings. The van der Waals surface area contributed by atoms with E-state index in [-0.39, 0.29) is 11.9 Å². The van der Waals surface area contributed by atoms with E-state index in [9.17, 15) is 4.79 Å². The molecule has 1 aliphatic carbocycles. The third-order valence-corrected chi connectivity index (χ3v) is 2.73. The van der Waals surface area contributed by atoms with Gasteiger partial charge in [0, 0.05) is 12.4 Å². The second-order valence-electron chi connectivity index (χ2n) is 3.83. The molecule has 0 saturated carbocycles. The Morgan fingerprint density at radius 1 is 1.59 bits per heavy atom. The summed E-state index contributed by atoms with van der Waals surface area (Å²) in [6.07, 6.45) is 10.1. The molecule has 17 heavy (non-hydrogen) atoms. The van der Waals surface area contributed by atoms with Gasteiger partial charge in [0.05, 0.1) is 12.5 Å². The van der Waals surface area contributed by atoms with Crippen molar-refractivity contribution in [1.29, 1.82) is 0 Å². The van der Waals surface area contributed by atoms with Crippen LogP contribution in [0.3, 0.4) is 0 Å². The molecule has 0 amide bonds. The largest absolute Gasteiger partial charge is 0.466 e. The third kappa shape index (κ3) is 2.61. The number of esters is 1. The summed E-state index contributed by atoms with van der Waals surface area (Å²) in [7, 11) is 0. The van der Waals surface area contributed by atoms with Crippen molar-refractivity contribution in [1.82, 2.24) is 4.98 Å². The molecule has 0 bridgehead atoms. The first-order chi connectivity index (χ1) is 8.33. The predicted molar refractivity (Wildman–Crippen MR) is 66.1 cm³/mol. The molecule has 2 rings (SSSR count). The maximum absolute atomic E-state index is 11.9. The minimum Gasteiger partial charge on any atom is -0.466 e. The minimum atomic E-state index is -0.204. The van der Waals surface area contributed by atoms with Crippen LogP contribution in [0.4, 0.5) is 0 Å². The van der Waals surface area contributed by atoms with Crippen LogP contribution in [0.1, 0.15) is 18.9 Å². The van der Waals surface area contributed by atoms with Gasteiger partial charge >= 0.3 is 5.97 Å². The van der Waals surface area contributed by atoms with Crippen molar-refractivity contribution < 1.29 is 9.53 Å². The van der Waals surface area contributed by atoms with Gasteiger partial charge in [-0.3, -0.25) is 9.78 Å². The first-order valence-corrected chi connectivity index (χ1v) is 5.76. The molecule has 0 saturated heterocycles. The number of aromatic nitrogens is 1. The molecule has 1 aliphatic rings. The van der Waals surface area contributed by atoms with Crippen LogP contribution >= 0.6 is 0 Å². The molecule has 88 valence electrons. The van der Waals surface area contributed by atoms with E-state index in [0.29, 0.717) is 13.0 Å². The molecule has 1 heterocycles. The van der Waals surface area contributed by atoms with Crippen molar-refractivity contribution in [2.45, 2.75) is 13.3 Å². The SMILES string of the molecule is CCOC(=O)C1CC=CC=C1c1cccnc1. The molecular formula is C14H15NO2. The van der Waals surface area contributed by atoms with Crippen LogP contribution in [0.5, 0.6) is 0 Å². The number of carbonyl (C=O) groups excluding carboxylic acids is 1. The van der Waals surface area contributed by atoms with E-state index in [1.807, 2.05) is 37.3 Å². The number of hydrogen-bond donors (Lipinski definition) is 0. The van der Waals surface area contributed by atoms with Gasteiger partial charge in [0.2, 0.25) is 0 Å². The van der Waals surface area contributed by atoms with Gasteiger partial charge in [0.25, 0.3) is 0 Å². The zero-order valence-electron chi connectivity index (χ0n) is 9.80. The number of rotatable bonds is 3. The quantitative estimate of drug-likeness (QED) is 0.748. The number of carbonyl (C=O) groups is 1. The van der Waals surface area contributed by atoms with E-state index in [1.54, 1.807) is 12.4 Å². The molecule has 3 nitrogen and oxygen atoms in total. The van der Waals surface area contributed by atoms with Crippen molar-refractivity contribution in [3.63, 3.8) is 0 Å². The van der Waals surface area contributed by atoms with Gasteiger partial charge in [-0.05, 0) is 30.5 Å². The lowest BCUT2D eigenvalue weighted by atomic mass is 9.87. The van der Waals surface area contributed by atoms with Crippen LogP contribution in [0.25, 0.3) is 5.57 Å². The van der Waals surface area contributed by atoms with Gasteiger partial charge < -0.3 is 4.74 Å². The van der Waals surface area contributed by atoms with Crippen LogP contribution in [0, 0.1) is 5.92 Å². The van der Waals surface area contributed by atoms with Crippen LogP contribution in [0.15, 0.2) is 42.8 Å². The molecule has 0 aromatic carbocycles. The van der Waals surface area contributed by atoms with E-state index in [4.69, 9.17) is 4.74 Å². The summed E-state index contributed by atoms with van der Waals surface area (Å²) in [4.78, 5) is 15.9. The summed E-state index contributed by atoms with van der Waals surface area (Å²) in [6, 6.07) is 3.83. The highest BCUT2D eigenvalue weighted by Gasteiger charge is 2.25. The van der Waals surface area contributed by atoms with Crippen LogP contribution in [0.2, 0.25) is 0 Å². The summed E-state index contributed by atoms with van der Waals surface area (Å²) in [5, 5.41) is 0. The first-order valence-electron chi connectivity index (χ1n) is 5.76. The smallest absolute Gasteiger partial charge is 0.313 e. The fourth-order valence-corrected chi connectivity index (χ4v) is 1.93. The molecule has 0 radical (unpaired) electrons. The number of ether oxygens (including phenoxy) is 1. The number of allylic oxidation sites excluding steroid dienone is 3. The van der Waals surface area contributed by atoms with Gasteiger partial charge in [-0.25, -0.2) is 0 Å². The van der Waals surface area contributed by atoms with Gasteiger partial charge in [-0.15, -0.1) is 0 Å². The molecule has 0 spiro atoms. The third-order valence-electron chi connectivity index (χ3n) is 2.73. The Bertz CT molecular complexity index is 449. The highest BCUT2D eigenvalue weighted by atomic mass is 16.5. The van der Waals surface area contributed by atoms with E-state index < -0.39 is 0 Å². The Hall–Kier alpha value is -1.90. The van der Waals surface area contributed by atoms with Crippen molar-refractivity contribution >= 4 is 11.5 Å². The van der Waals surface area contributed by atoms with Gasteiger partial charge in [0.1, 0.15) is 0 Å². The topological polar surface area (TPSA) is 39.2 Å². The lowest BCUT2D eigenvalue weighted by Gasteiger charge is -2.19. The summed E-state index contributed by atoms with van der Waals surface area (Å²) >= 11 is 0. The molecular weight excluding hydrogens is 214 g/mol. The van der Waals surface area contributed by atoms with E-state index in [0.717, 1.165) is 11.1 Å². The Morgan fingerprint density at radius 3 is 3.18 bits per heavy atom. The number of nitrogens with zero attached hydrogens (tertiary/aromatic N) is 1. The second-order valence-corrected chi connectivity index (χ2v) is 3.83. The molecule has 0 aliphatic heterocycles. The summed E-state index contributed by atoms with van der Waals surface area (Å²) < 4.78 is 5.10. The summed E-state index contributed by atoms with van der Waals surface area (Å²) in [5.41, 5.74) is 1.97. The second kappa shape index (κ2) is 5.43. The highest BCUT2D eigenvalue weighted by molar-refractivity contribution is 5.89. The van der Waals surface area contributed by atoms with Crippen molar-refractivity contribution in [2.75, 3.05) is 6.61 Å². The van der Waals surface area contributed by atoms with E-state index in [1.165, 1.54) is 0 Å². The lowest BCUT2D eigenvalue weighted by Crippen LogP contribution is -2.20.